The minimum absolute atomic E-state index is 0.108. The fourth-order valence-corrected chi connectivity index (χ4v) is 1.92. The van der Waals surface area contributed by atoms with Crippen molar-refractivity contribution in [3.8, 4) is 0 Å². The van der Waals surface area contributed by atoms with Gasteiger partial charge in [-0.05, 0) is 6.42 Å². The Morgan fingerprint density at radius 1 is 1.12 bits per heavy atom. The normalized spacial score (nSPS) is 30.5. The molecule has 0 heterocycles. The van der Waals surface area contributed by atoms with Gasteiger partial charge in [0.25, 0.3) is 0 Å². The monoisotopic (exact) mass is 286 g/mol. The summed E-state index contributed by atoms with van der Waals surface area (Å²) in [5.41, 5.74) is 0. The van der Waals surface area contributed by atoms with E-state index in [-0.39, 0.29) is 6.42 Å². The molecule has 2 nitrogen and oxygen atoms in total. The molecule has 3 unspecified atom stereocenters. The lowest BCUT2D eigenvalue weighted by molar-refractivity contribution is -0.342. The van der Waals surface area contributed by atoms with Gasteiger partial charge in [-0.2, -0.15) is 26.3 Å². The summed E-state index contributed by atoms with van der Waals surface area (Å²) in [5, 5.41) is -0.632. The maximum Gasteiger partial charge on any atom is 0.423 e. The topological polar surface area (TPSA) is 18.5 Å². The molecule has 3 atom stereocenters. The van der Waals surface area contributed by atoms with Crippen LogP contribution in [0.1, 0.15) is 6.42 Å². The number of hydrogen-bond acceptors (Lipinski definition) is 2. The van der Waals surface area contributed by atoms with Crippen LogP contribution in [0.25, 0.3) is 0 Å². The van der Waals surface area contributed by atoms with Crippen LogP contribution in [0.4, 0.5) is 26.3 Å². The smallest absolute Gasteiger partial charge is 0.377 e. The number of methoxy groups -OCH3 is 1. The van der Waals surface area contributed by atoms with Crippen LogP contribution in [-0.2, 0) is 9.47 Å². The second-order valence-electron chi connectivity index (χ2n) is 3.59. The first-order valence-corrected chi connectivity index (χ1v) is 4.96. The van der Waals surface area contributed by atoms with Crippen molar-refractivity contribution in [2.24, 2.45) is 0 Å². The molecule has 102 valence electrons. The van der Waals surface area contributed by atoms with E-state index in [1.54, 1.807) is 0 Å². The first kappa shape index (κ1) is 14.8. The Hall–Kier alpha value is -0.210. The van der Waals surface area contributed by atoms with Gasteiger partial charge in [0.05, 0.1) is 17.6 Å². The van der Waals surface area contributed by atoms with Gasteiger partial charge in [-0.3, -0.25) is 0 Å². The largest absolute Gasteiger partial charge is 0.423 e. The zero-order valence-corrected chi connectivity index (χ0v) is 9.23. The lowest BCUT2D eigenvalue weighted by Crippen LogP contribution is -2.56. The highest BCUT2D eigenvalue weighted by Crippen LogP contribution is 2.40. The zero-order chi connectivity index (χ0) is 13.4. The zero-order valence-electron chi connectivity index (χ0n) is 8.48. The van der Waals surface area contributed by atoms with Gasteiger partial charge in [0.15, 0.2) is 0 Å². The van der Waals surface area contributed by atoms with Crippen molar-refractivity contribution in [2.75, 3.05) is 7.11 Å². The molecule has 1 saturated carbocycles. The highest BCUT2D eigenvalue weighted by Gasteiger charge is 2.60. The maximum absolute atomic E-state index is 12.1. The van der Waals surface area contributed by atoms with Gasteiger partial charge in [0, 0.05) is 7.11 Å². The van der Waals surface area contributed by atoms with E-state index in [9.17, 15) is 26.3 Å². The molecule has 0 aliphatic heterocycles. The van der Waals surface area contributed by atoms with E-state index in [4.69, 9.17) is 11.6 Å². The molecule has 0 aromatic rings. The molecule has 0 aromatic carbocycles. The Balaban J connectivity index is 2.69. The van der Waals surface area contributed by atoms with Gasteiger partial charge in [-0.15, -0.1) is 11.6 Å². The molecule has 0 N–H and O–H groups in total. The number of ether oxygens (including phenoxy) is 2. The maximum atomic E-state index is 12.1. The standard InChI is InChI=1S/C8H9ClF6O2/c1-16-5-3(9)2-4(5)17-6(7(10,11)12)8(13,14)15/h3-6H,2H2,1H3. The molecule has 1 aliphatic rings. The van der Waals surface area contributed by atoms with Crippen LogP contribution in [0.15, 0.2) is 0 Å². The average Bonchev–Trinajstić information content (AvgIpc) is 2.07. The van der Waals surface area contributed by atoms with Crippen molar-refractivity contribution in [1.29, 1.82) is 0 Å². The molecule has 0 radical (unpaired) electrons. The number of alkyl halides is 7. The molecule has 1 rings (SSSR count). The van der Waals surface area contributed by atoms with Gasteiger partial charge in [-0.1, -0.05) is 0 Å². The molecule has 1 fully saturated rings. The molecule has 0 spiro atoms. The van der Waals surface area contributed by atoms with Crippen molar-refractivity contribution in [3.05, 3.63) is 0 Å². The van der Waals surface area contributed by atoms with E-state index >= 15 is 0 Å². The second-order valence-corrected chi connectivity index (χ2v) is 4.15. The van der Waals surface area contributed by atoms with E-state index in [0.29, 0.717) is 0 Å². The highest BCUT2D eigenvalue weighted by atomic mass is 35.5. The molecule has 17 heavy (non-hydrogen) atoms. The van der Waals surface area contributed by atoms with E-state index in [1.165, 1.54) is 0 Å². The van der Waals surface area contributed by atoms with Crippen molar-refractivity contribution < 1.29 is 35.8 Å². The van der Waals surface area contributed by atoms with Crippen LogP contribution in [0.5, 0.6) is 0 Å². The fraction of sp³-hybridized carbons (Fsp3) is 1.00. The summed E-state index contributed by atoms with van der Waals surface area (Å²) >= 11 is 5.55. The number of hydrogen-bond donors (Lipinski definition) is 0. The average molecular weight is 287 g/mol. The highest BCUT2D eigenvalue weighted by molar-refractivity contribution is 6.21. The van der Waals surface area contributed by atoms with Gasteiger partial charge >= 0.3 is 12.4 Å². The minimum atomic E-state index is -5.51. The van der Waals surface area contributed by atoms with Gasteiger partial charge < -0.3 is 9.47 Å². The minimum Gasteiger partial charge on any atom is -0.377 e. The molecule has 0 saturated heterocycles. The van der Waals surface area contributed by atoms with Crippen molar-refractivity contribution in [3.63, 3.8) is 0 Å². The summed E-state index contributed by atoms with van der Waals surface area (Å²) in [6.07, 6.45) is -17.2. The summed E-state index contributed by atoms with van der Waals surface area (Å²) in [4.78, 5) is 0. The number of halogens is 7. The Kier molecular flexibility index (Phi) is 4.20. The summed E-state index contributed by atoms with van der Waals surface area (Å²) in [5.74, 6) is 0. The first-order chi connectivity index (χ1) is 7.57. The SMILES string of the molecule is COC1C(Cl)CC1OC(C(F)(F)F)C(F)(F)F. The van der Waals surface area contributed by atoms with Gasteiger partial charge in [-0.25, -0.2) is 0 Å². The summed E-state index contributed by atoms with van der Waals surface area (Å²) in [6, 6.07) is 0. The summed E-state index contributed by atoms with van der Waals surface area (Å²) in [7, 11) is 1.14. The third-order valence-electron chi connectivity index (χ3n) is 2.36. The van der Waals surface area contributed by atoms with Gasteiger partial charge in [0.2, 0.25) is 6.10 Å². The van der Waals surface area contributed by atoms with E-state index in [2.05, 4.69) is 9.47 Å². The van der Waals surface area contributed by atoms with E-state index < -0.39 is 36.0 Å². The third-order valence-corrected chi connectivity index (χ3v) is 2.78. The number of rotatable bonds is 3. The predicted octanol–water partition coefficient (Wildman–Crippen LogP) is 2.89. The van der Waals surface area contributed by atoms with E-state index in [0.717, 1.165) is 7.11 Å². The fourth-order valence-electron chi connectivity index (χ4n) is 1.47. The molecular formula is C8H9ClF6O2. The molecule has 9 heteroatoms. The van der Waals surface area contributed by atoms with Crippen molar-refractivity contribution in [2.45, 2.75) is 42.5 Å². The van der Waals surface area contributed by atoms with Crippen LogP contribution >= 0.6 is 11.6 Å². The van der Waals surface area contributed by atoms with Crippen LogP contribution in [0, 0.1) is 0 Å². The van der Waals surface area contributed by atoms with Crippen LogP contribution in [0.3, 0.4) is 0 Å². The Bertz CT molecular complexity index is 252. The van der Waals surface area contributed by atoms with Crippen LogP contribution in [-0.4, -0.2) is 43.2 Å². The molecule has 0 bridgehead atoms. The quantitative estimate of drug-likeness (QED) is 0.587. The lowest BCUT2D eigenvalue weighted by atomic mass is 9.91. The van der Waals surface area contributed by atoms with Gasteiger partial charge in [0.1, 0.15) is 0 Å². The Morgan fingerprint density at radius 3 is 1.88 bits per heavy atom. The van der Waals surface area contributed by atoms with E-state index in [1.807, 2.05) is 0 Å². The van der Waals surface area contributed by atoms with Crippen LogP contribution < -0.4 is 0 Å². The Morgan fingerprint density at radius 2 is 1.59 bits per heavy atom. The molecule has 0 amide bonds. The lowest BCUT2D eigenvalue weighted by Gasteiger charge is -2.41. The third kappa shape index (κ3) is 3.38. The second kappa shape index (κ2) is 4.81. The summed E-state index contributed by atoms with van der Waals surface area (Å²) < 4.78 is 81.6. The van der Waals surface area contributed by atoms with Crippen molar-refractivity contribution in [1.82, 2.24) is 0 Å². The molecule has 1 aliphatic carbocycles. The molecular weight excluding hydrogens is 278 g/mol. The van der Waals surface area contributed by atoms with Crippen LogP contribution in [0.2, 0.25) is 0 Å². The Labute approximate surface area is 97.8 Å². The molecule has 0 aromatic heterocycles. The first-order valence-electron chi connectivity index (χ1n) is 4.53. The summed E-state index contributed by atoms with van der Waals surface area (Å²) in [6.45, 7) is 0. The predicted molar refractivity (Wildman–Crippen MR) is 45.8 cm³/mol. The van der Waals surface area contributed by atoms with Crippen molar-refractivity contribution >= 4 is 11.6 Å².